The van der Waals surface area contributed by atoms with Gasteiger partial charge in [0, 0.05) is 18.1 Å². The van der Waals surface area contributed by atoms with E-state index in [4.69, 9.17) is 5.26 Å². The van der Waals surface area contributed by atoms with Crippen molar-refractivity contribution in [1.82, 2.24) is 24.0 Å². The van der Waals surface area contributed by atoms with Gasteiger partial charge in [0.25, 0.3) is 5.91 Å². The van der Waals surface area contributed by atoms with E-state index in [0.29, 0.717) is 29.3 Å². The highest BCUT2D eigenvalue weighted by atomic mass is 32.1. The van der Waals surface area contributed by atoms with Crippen molar-refractivity contribution < 1.29 is 4.79 Å². The van der Waals surface area contributed by atoms with Gasteiger partial charge in [-0.3, -0.25) is 4.79 Å². The van der Waals surface area contributed by atoms with Gasteiger partial charge >= 0.3 is 0 Å². The number of carbonyl (C=O) groups excluding carboxylic acids is 1. The lowest BCUT2D eigenvalue weighted by Gasteiger charge is -2.10. The van der Waals surface area contributed by atoms with Crippen molar-refractivity contribution in [3.8, 4) is 6.07 Å². The largest absolute Gasteiger partial charge is 0.347 e. The lowest BCUT2D eigenvalue weighted by molar-refractivity contribution is 0.0946. The molecular weight excluding hydrogens is 422 g/mol. The number of benzene rings is 2. The summed E-state index contributed by atoms with van der Waals surface area (Å²) in [5.74, 6) is 0.348. The SMILES string of the molecule is N#Cc1ccc2ccnc(Nc3ccc(C(=O)NCc4ccc5nsnc5c4)nc3)c2c1. The third-order valence-electron chi connectivity index (χ3n) is 4.93. The summed E-state index contributed by atoms with van der Waals surface area (Å²) in [5, 5.41) is 17.1. The molecule has 0 aliphatic rings. The number of hydrogen-bond donors (Lipinski definition) is 2. The minimum atomic E-state index is -0.269. The van der Waals surface area contributed by atoms with Crippen molar-refractivity contribution in [3.05, 3.63) is 83.8 Å². The number of amides is 1. The molecule has 5 rings (SSSR count). The first-order valence-corrected chi connectivity index (χ1v) is 10.4. The van der Waals surface area contributed by atoms with E-state index in [1.807, 2.05) is 30.3 Å². The molecule has 154 valence electrons. The summed E-state index contributed by atoms with van der Waals surface area (Å²) in [6.45, 7) is 0.370. The van der Waals surface area contributed by atoms with Crippen LogP contribution in [0.5, 0.6) is 0 Å². The van der Waals surface area contributed by atoms with E-state index in [9.17, 15) is 4.79 Å². The van der Waals surface area contributed by atoms with Crippen LogP contribution in [0.15, 0.2) is 67.0 Å². The summed E-state index contributed by atoms with van der Waals surface area (Å²) in [6, 6.07) is 18.6. The summed E-state index contributed by atoms with van der Waals surface area (Å²) in [4.78, 5) is 21.1. The molecule has 2 aromatic carbocycles. The molecule has 0 aliphatic heterocycles. The maximum absolute atomic E-state index is 12.5. The second-order valence-electron chi connectivity index (χ2n) is 7.03. The van der Waals surface area contributed by atoms with Gasteiger partial charge in [0.1, 0.15) is 22.5 Å². The van der Waals surface area contributed by atoms with Gasteiger partial charge in [-0.25, -0.2) is 9.97 Å². The van der Waals surface area contributed by atoms with Crippen LogP contribution in [-0.2, 0) is 6.54 Å². The molecule has 5 aromatic rings. The molecule has 2 N–H and O–H groups in total. The number of nitriles is 1. The number of fused-ring (bicyclic) bond motifs is 2. The number of nitrogens with one attached hydrogen (secondary N) is 2. The smallest absolute Gasteiger partial charge is 0.270 e. The quantitative estimate of drug-likeness (QED) is 0.424. The van der Waals surface area contributed by atoms with Gasteiger partial charge in [-0.2, -0.15) is 14.0 Å². The third kappa shape index (κ3) is 3.95. The van der Waals surface area contributed by atoms with Crippen molar-refractivity contribution in [3.63, 3.8) is 0 Å². The summed E-state index contributed by atoms with van der Waals surface area (Å²) in [7, 11) is 0. The zero-order valence-corrected chi connectivity index (χ0v) is 17.4. The topological polar surface area (TPSA) is 116 Å². The third-order valence-corrected chi connectivity index (χ3v) is 5.48. The van der Waals surface area contributed by atoms with Crippen LogP contribution in [0.2, 0.25) is 0 Å². The minimum Gasteiger partial charge on any atom is -0.347 e. The van der Waals surface area contributed by atoms with Crippen LogP contribution < -0.4 is 10.6 Å². The number of aromatic nitrogens is 4. The van der Waals surface area contributed by atoms with E-state index in [-0.39, 0.29) is 5.91 Å². The van der Waals surface area contributed by atoms with Gasteiger partial charge in [-0.15, -0.1) is 0 Å². The highest BCUT2D eigenvalue weighted by molar-refractivity contribution is 7.00. The van der Waals surface area contributed by atoms with Crippen molar-refractivity contribution in [1.29, 1.82) is 5.26 Å². The molecule has 0 radical (unpaired) electrons. The van der Waals surface area contributed by atoms with E-state index in [0.717, 1.165) is 39.1 Å². The second kappa shape index (κ2) is 8.37. The van der Waals surface area contributed by atoms with Gasteiger partial charge in [0.15, 0.2) is 0 Å². The number of nitrogens with zero attached hydrogens (tertiary/aromatic N) is 5. The monoisotopic (exact) mass is 437 g/mol. The predicted octanol–water partition coefficient (Wildman–Crippen LogP) is 4.18. The fourth-order valence-electron chi connectivity index (χ4n) is 3.29. The Kier molecular flexibility index (Phi) is 5.11. The number of hydrogen-bond acceptors (Lipinski definition) is 8. The molecule has 0 aliphatic carbocycles. The zero-order valence-electron chi connectivity index (χ0n) is 16.6. The van der Waals surface area contributed by atoms with Crippen molar-refractivity contribution in [2.24, 2.45) is 0 Å². The Labute approximate surface area is 186 Å². The number of rotatable bonds is 5. The standard InChI is InChI=1S/C23H15N7OS/c24-11-14-1-3-16-7-8-25-22(18(16)9-14)28-17-4-6-20(26-13-17)23(31)27-12-15-2-5-19-21(10-15)30-32-29-19/h1-10,13H,12H2,(H,25,28)(H,27,31). The van der Waals surface area contributed by atoms with Gasteiger partial charge in [0.05, 0.1) is 35.2 Å². The average Bonchev–Trinajstić information content (AvgIpc) is 3.31. The maximum Gasteiger partial charge on any atom is 0.270 e. The molecule has 0 saturated carbocycles. The molecule has 9 heteroatoms. The maximum atomic E-state index is 12.5. The van der Waals surface area contributed by atoms with E-state index >= 15 is 0 Å². The molecule has 0 spiro atoms. The number of anilines is 2. The Morgan fingerprint density at radius 3 is 2.75 bits per heavy atom. The van der Waals surface area contributed by atoms with Crippen molar-refractivity contribution >= 4 is 50.9 Å². The van der Waals surface area contributed by atoms with Crippen molar-refractivity contribution in [2.45, 2.75) is 6.54 Å². The molecule has 0 fully saturated rings. The lowest BCUT2D eigenvalue weighted by atomic mass is 10.1. The normalized spacial score (nSPS) is 10.7. The second-order valence-corrected chi connectivity index (χ2v) is 7.56. The first kappa shape index (κ1) is 19.5. The van der Waals surface area contributed by atoms with E-state index in [1.165, 1.54) is 0 Å². The summed E-state index contributed by atoms with van der Waals surface area (Å²) in [6.07, 6.45) is 3.28. The molecule has 3 heterocycles. The predicted molar refractivity (Wildman–Crippen MR) is 123 cm³/mol. The summed E-state index contributed by atoms with van der Waals surface area (Å²) in [5.41, 5.74) is 4.16. The van der Waals surface area contributed by atoms with E-state index in [1.54, 1.807) is 36.7 Å². The molecule has 8 nitrogen and oxygen atoms in total. The number of carbonyl (C=O) groups is 1. The highest BCUT2D eigenvalue weighted by Crippen LogP contribution is 2.25. The van der Waals surface area contributed by atoms with Crippen LogP contribution in [0.25, 0.3) is 21.8 Å². The summed E-state index contributed by atoms with van der Waals surface area (Å²) < 4.78 is 8.39. The first-order chi connectivity index (χ1) is 15.7. The zero-order chi connectivity index (χ0) is 21.9. The van der Waals surface area contributed by atoms with Gasteiger partial charge in [-0.1, -0.05) is 12.1 Å². The average molecular weight is 437 g/mol. The molecule has 0 saturated heterocycles. The van der Waals surface area contributed by atoms with Gasteiger partial charge in [0.2, 0.25) is 0 Å². The molecule has 1 amide bonds. The van der Waals surface area contributed by atoms with Crippen LogP contribution in [0.4, 0.5) is 11.5 Å². The van der Waals surface area contributed by atoms with Crippen molar-refractivity contribution in [2.75, 3.05) is 5.32 Å². The van der Waals surface area contributed by atoms with E-state index in [2.05, 4.69) is 35.4 Å². The molecule has 3 aromatic heterocycles. The van der Waals surface area contributed by atoms with Crippen LogP contribution in [0.1, 0.15) is 21.6 Å². The van der Waals surface area contributed by atoms with Crippen LogP contribution in [0.3, 0.4) is 0 Å². The first-order valence-electron chi connectivity index (χ1n) is 9.71. The van der Waals surface area contributed by atoms with Crippen LogP contribution in [-0.4, -0.2) is 24.6 Å². The Balaban J connectivity index is 1.28. The Hall–Kier alpha value is -4.42. The molecule has 0 atom stereocenters. The Morgan fingerprint density at radius 2 is 1.91 bits per heavy atom. The summed E-state index contributed by atoms with van der Waals surface area (Å²) >= 11 is 1.16. The molecule has 32 heavy (non-hydrogen) atoms. The fraction of sp³-hybridized carbons (Fsp3) is 0.0435. The van der Waals surface area contributed by atoms with Crippen LogP contribution in [0, 0.1) is 11.3 Å². The minimum absolute atomic E-state index is 0.269. The lowest BCUT2D eigenvalue weighted by Crippen LogP contribution is -2.23. The van der Waals surface area contributed by atoms with Gasteiger partial charge < -0.3 is 10.6 Å². The molecule has 0 bridgehead atoms. The Morgan fingerprint density at radius 1 is 1.00 bits per heavy atom. The molecule has 0 unspecified atom stereocenters. The Bertz CT molecular complexity index is 1490. The van der Waals surface area contributed by atoms with Crippen LogP contribution >= 0.6 is 11.7 Å². The molecular formula is C23H15N7OS. The fourth-order valence-corrected chi connectivity index (χ4v) is 3.80. The van der Waals surface area contributed by atoms with Gasteiger partial charge in [-0.05, 0) is 53.4 Å². The van der Waals surface area contributed by atoms with E-state index < -0.39 is 0 Å². The highest BCUT2D eigenvalue weighted by Gasteiger charge is 2.09. The number of pyridine rings is 2.